The molecule has 17 nitrogen and oxygen atoms in total. The summed E-state index contributed by atoms with van der Waals surface area (Å²) in [4.78, 5) is 45.8. The van der Waals surface area contributed by atoms with Gasteiger partial charge in [-0.1, -0.05) is 96.0 Å². The Kier molecular flexibility index (Phi) is 17.8. The number of likely N-dealkylation sites (N-methyl/N-ethyl adjacent to an activating group) is 2. The first-order valence-corrected chi connectivity index (χ1v) is 25.1. The third-order valence-corrected chi connectivity index (χ3v) is 13.2. The standard InChI is InChI=1S/C28H29ClN6O2.C22H20ClN5O.C6H11NO2/c1-33(2)15-6-9-23(36)34-16-14-20(17-34)35-26(29)24(25-27(30)31-18-32-28(25)35)19-10-12-22(13-11-19)37-21-7-4-3-5-8-21;23-20-18(14-6-8-17(9-7-14)29-16-4-2-1-3-5-16)19-21(24)26-13-27-22(19)28(20)15-10-11-25-12-15;1-7(2)5-3-4-6(8)9/h3-13,18,20H,14-17H2,1-2H3,(H2,30,31,32);1-9,13,15,25H,10-12H2,(H2,24,26,27);3-4H,5H2,1-2H3,(H,8,9)/b9-6+;;4-3+/t20-;15-;/m11./s1. The molecule has 2 aliphatic rings. The Morgan fingerprint density at radius 1 is 0.653 bits per heavy atom. The molecular formula is C56H60Cl2N12O5. The number of fused-ring (bicyclic) bond motifs is 2. The lowest BCUT2D eigenvalue weighted by molar-refractivity contribution is -0.131. The molecular weight excluding hydrogens is 992 g/mol. The van der Waals surface area contributed by atoms with Gasteiger partial charge in [0.1, 0.15) is 68.9 Å². The fourth-order valence-electron chi connectivity index (χ4n) is 8.93. The number of para-hydroxylation sites is 2. The molecule has 6 N–H and O–H groups in total. The molecule has 388 valence electrons. The number of carboxylic acid groups (broad SMARTS) is 1. The van der Waals surface area contributed by atoms with E-state index in [2.05, 4.69) is 29.8 Å². The van der Waals surface area contributed by atoms with Crippen molar-refractivity contribution in [3.8, 4) is 45.3 Å². The normalized spacial score (nSPS) is 15.4. The Morgan fingerprint density at radius 2 is 1.11 bits per heavy atom. The van der Waals surface area contributed by atoms with Crippen molar-refractivity contribution < 1.29 is 24.2 Å². The van der Waals surface area contributed by atoms with Crippen molar-refractivity contribution in [3.05, 3.63) is 156 Å². The first kappa shape index (κ1) is 53.5. The van der Waals surface area contributed by atoms with Crippen LogP contribution in [0.5, 0.6) is 23.0 Å². The zero-order valence-electron chi connectivity index (χ0n) is 42.2. The average Bonchev–Trinajstić information content (AvgIpc) is 4.22. The quantitative estimate of drug-likeness (QED) is 0.0748. The van der Waals surface area contributed by atoms with E-state index < -0.39 is 5.97 Å². The highest BCUT2D eigenvalue weighted by molar-refractivity contribution is 6.36. The van der Waals surface area contributed by atoms with Crippen LogP contribution in [0.1, 0.15) is 24.9 Å². The van der Waals surface area contributed by atoms with E-state index in [0.717, 1.165) is 82.5 Å². The van der Waals surface area contributed by atoms with E-state index in [9.17, 15) is 9.59 Å². The molecule has 0 unspecified atom stereocenters. The van der Waals surface area contributed by atoms with Gasteiger partial charge in [0.15, 0.2) is 0 Å². The maximum absolute atomic E-state index is 12.7. The largest absolute Gasteiger partial charge is 0.478 e. The fourth-order valence-corrected chi connectivity index (χ4v) is 9.77. The predicted molar refractivity (Wildman–Crippen MR) is 298 cm³/mol. The number of ether oxygens (including phenoxy) is 2. The summed E-state index contributed by atoms with van der Waals surface area (Å²) >= 11 is 13.9. The summed E-state index contributed by atoms with van der Waals surface area (Å²) in [6, 6.07) is 35.1. The van der Waals surface area contributed by atoms with Crippen molar-refractivity contribution >= 4 is 68.8 Å². The number of amides is 1. The Hall–Kier alpha value is -7.80. The van der Waals surface area contributed by atoms with Crippen LogP contribution in [0.3, 0.4) is 0 Å². The highest BCUT2D eigenvalue weighted by Gasteiger charge is 2.32. The summed E-state index contributed by atoms with van der Waals surface area (Å²) < 4.78 is 15.9. The molecule has 75 heavy (non-hydrogen) atoms. The van der Waals surface area contributed by atoms with E-state index in [-0.39, 0.29) is 18.0 Å². The number of anilines is 2. The van der Waals surface area contributed by atoms with Gasteiger partial charge in [-0.2, -0.15) is 0 Å². The molecule has 0 radical (unpaired) electrons. The monoisotopic (exact) mass is 1050 g/mol. The molecule has 0 spiro atoms. The highest BCUT2D eigenvalue weighted by atomic mass is 35.5. The Balaban J connectivity index is 0.000000175. The van der Waals surface area contributed by atoms with Crippen molar-refractivity contribution in [1.29, 1.82) is 0 Å². The number of aromatic nitrogens is 6. The van der Waals surface area contributed by atoms with Crippen LogP contribution in [-0.2, 0) is 9.59 Å². The third kappa shape index (κ3) is 13.1. The van der Waals surface area contributed by atoms with Crippen LogP contribution in [0.4, 0.5) is 11.6 Å². The van der Waals surface area contributed by atoms with E-state index in [1.54, 1.807) is 12.2 Å². The van der Waals surface area contributed by atoms with Crippen LogP contribution in [0.25, 0.3) is 44.3 Å². The Labute approximate surface area is 445 Å². The molecule has 4 aromatic heterocycles. The molecule has 0 bridgehead atoms. The molecule has 10 rings (SSSR count). The molecule has 19 heteroatoms. The summed E-state index contributed by atoms with van der Waals surface area (Å²) in [5.74, 6) is 2.93. The van der Waals surface area contributed by atoms with Crippen LogP contribution >= 0.6 is 23.2 Å². The molecule has 0 saturated carbocycles. The number of benzene rings is 4. The molecule has 6 heterocycles. The molecule has 2 atom stereocenters. The first-order chi connectivity index (χ1) is 36.3. The average molecular weight is 1050 g/mol. The lowest BCUT2D eigenvalue weighted by Crippen LogP contribution is -2.27. The smallest absolute Gasteiger partial charge is 0.328 e. The number of halogens is 2. The van der Waals surface area contributed by atoms with Gasteiger partial charge in [0.25, 0.3) is 0 Å². The zero-order chi connectivity index (χ0) is 53.0. The number of carbonyl (C=O) groups excluding carboxylic acids is 1. The number of nitrogens with one attached hydrogen (secondary N) is 1. The van der Waals surface area contributed by atoms with Gasteiger partial charge in [0.2, 0.25) is 5.91 Å². The van der Waals surface area contributed by atoms with E-state index in [1.807, 2.05) is 163 Å². The molecule has 2 saturated heterocycles. The topological polar surface area (TPSA) is 208 Å². The molecule has 2 fully saturated rings. The number of aliphatic carboxylic acids is 1. The van der Waals surface area contributed by atoms with Gasteiger partial charge < -0.3 is 55.2 Å². The third-order valence-electron chi connectivity index (χ3n) is 12.5. The minimum atomic E-state index is -0.892. The lowest BCUT2D eigenvalue weighted by Gasteiger charge is -2.17. The lowest BCUT2D eigenvalue weighted by atomic mass is 10.1. The number of likely N-dealkylation sites (tertiary alicyclic amines) is 1. The molecule has 1 amide bonds. The Morgan fingerprint density at radius 3 is 1.55 bits per heavy atom. The Bertz CT molecular complexity index is 3270. The number of hydrogen-bond donors (Lipinski definition) is 4. The van der Waals surface area contributed by atoms with Crippen LogP contribution in [0, 0.1) is 0 Å². The van der Waals surface area contributed by atoms with Gasteiger partial charge in [0, 0.05) is 56.0 Å². The number of carbonyl (C=O) groups is 2. The second-order valence-corrected chi connectivity index (χ2v) is 19.1. The first-order valence-electron chi connectivity index (χ1n) is 24.4. The van der Waals surface area contributed by atoms with Crippen LogP contribution < -0.4 is 26.3 Å². The van der Waals surface area contributed by atoms with E-state index in [0.29, 0.717) is 64.9 Å². The van der Waals surface area contributed by atoms with Crippen molar-refractivity contribution in [2.75, 3.05) is 78.9 Å². The minimum Gasteiger partial charge on any atom is -0.478 e. The van der Waals surface area contributed by atoms with Gasteiger partial charge >= 0.3 is 5.97 Å². The van der Waals surface area contributed by atoms with Crippen molar-refractivity contribution in [3.63, 3.8) is 0 Å². The molecule has 8 aromatic rings. The summed E-state index contributed by atoms with van der Waals surface area (Å²) in [6.07, 6.45) is 11.0. The SMILES string of the molecule is CN(C)C/C=C/C(=O)N1CC[C@@H](n2c(Cl)c(-c3ccc(Oc4ccccc4)cc3)c3c(N)ncnc32)C1.CN(C)C/C=C/C(=O)O.Nc1ncnc2c1c(-c1ccc(Oc3ccccc3)cc1)c(Cl)n2[C@@H]1CCNC1. The number of nitrogens with two attached hydrogens (primary N) is 2. The second kappa shape index (κ2) is 25.0. The van der Waals surface area contributed by atoms with Crippen molar-refractivity contribution in [2.45, 2.75) is 24.9 Å². The number of carboxylic acids is 1. The van der Waals surface area contributed by atoms with Gasteiger partial charge in [-0.05, 0) is 107 Å². The minimum absolute atomic E-state index is 0.000280. The fraction of sp³-hybridized carbons (Fsp3) is 0.250. The summed E-state index contributed by atoms with van der Waals surface area (Å²) in [5, 5.41) is 14.2. The number of hydrogen-bond acceptors (Lipinski definition) is 13. The summed E-state index contributed by atoms with van der Waals surface area (Å²) in [6.45, 7) is 4.39. The number of nitrogen functional groups attached to an aromatic ring is 2. The predicted octanol–water partition coefficient (Wildman–Crippen LogP) is 9.87. The summed E-state index contributed by atoms with van der Waals surface area (Å²) in [7, 11) is 7.70. The highest BCUT2D eigenvalue weighted by Crippen LogP contribution is 2.44. The number of nitrogens with zero attached hydrogens (tertiary/aromatic N) is 9. The van der Waals surface area contributed by atoms with Crippen LogP contribution in [0.15, 0.2) is 146 Å². The van der Waals surface area contributed by atoms with Crippen molar-refractivity contribution in [1.82, 2.24) is 49.1 Å². The maximum Gasteiger partial charge on any atom is 0.328 e. The zero-order valence-corrected chi connectivity index (χ0v) is 43.7. The molecule has 4 aromatic carbocycles. The molecule has 0 aliphatic carbocycles. The molecule has 2 aliphatic heterocycles. The number of rotatable bonds is 14. The van der Waals surface area contributed by atoms with Gasteiger partial charge in [-0.15, -0.1) is 0 Å². The van der Waals surface area contributed by atoms with E-state index >= 15 is 0 Å². The van der Waals surface area contributed by atoms with Gasteiger partial charge in [-0.3, -0.25) is 4.79 Å². The van der Waals surface area contributed by atoms with E-state index in [1.165, 1.54) is 12.7 Å². The van der Waals surface area contributed by atoms with E-state index in [4.69, 9.17) is 49.2 Å². The van der Waals surface area contributed by atoms with Crippen molar-refractivity contribution in [2.24, 2.45) is 0 Å². The maximum atomic E-state index is 12.7. The van der Waals surface area contributed by atoms with Crippen LogP contribution in [0.2, 0.25) is 10.3 Å². The second-order valence-electron chi connectivity index (χ2n) is 18.4. The van der Waals surface area contributed by atoms with Gasteiger partial charge in [-0.25, -0.2) is 24.7 Å². The van der Waals surface area contributed by atoms with Gasteiger partial charge in [0.05, 0.1) is 22.9 Å². The summed E-state index contributed by atoms with van der Waals surface area (Å²) in [5.41, 5.74) is 17.5. The van der Waals surface area contributed by atoms with Crippen LogP contribution in [-0.4, -0.2) is 128 Å².